The predicted octanol–water partition coefficient (Wildman–Crippen LogP) is 4.97. The highest BCUT2D eigenvalue weighted by molar-refractivity contribution is 7.16. The number of hydrogen-bond acceptors (Lipinski definition) is 4. The Morgan fingerprint density at radius 1 is 1.21 bits per heavy atom. The van der Waals surface area contributed by atoms with Crippen LogP contribution in [0, 0.1) is 5.41 Å². The summed E-state index contributed by atoms with van der Waals surface area (Å²) in [5.74, 6) is 0.825. The lowest BCUT2D eigenvalue weighted by atomic mass is 9.82. The fourth-order valence-electron chi connectivity index (χ4n) is 2.62. The number of rotatable bonds is 3. The minimum absolute atomic E-state index is 0.0508. The van der Waals surface area contributed by atoms with E-state index in [2.05, 4.69) is 49.9 Å². The second-order valence-electron chi connectivity index (χ2n) is 6.73. The summed E-state index contributed by atoms with van der Waals surface area (Å²) in [5, 5.41) is 6.86. The second-order valence-corrected chi connectivity index (χ2v) is 7.96. The summed E-state index contributed by atoms with van der Waals surface area (Å²) in [5.41, 5.74) is 0.200. The SMILES string of the molecule is CC(C)(C)CC(C)(C)Nc1nc(Cl)nc2sccc12. The van der Waals surface area contributed by atoms with Crippen LogP contribution in [0.3, 0.4) is 0 Å². The Labute approximate surface area is 123 Å². The average molecular weight is 298 g/mol. The average Bonchev–Trinajstić information content (AvgIpc) is 2.59. The Morgan fingerprint density at radius 3 is 2.53 bits per heavy atom. The van der Waals surface area contributed by atoms with E-state index < -0.39 is 0 Å². The molecular formula is C14H20ClN3S. The molecule has 3 nitrogen and oxygen atoms in total. The monoisotopic (exact) mass is 297 g/mol. The van der Waals surface area contributed by atoms with Gasteiger partial charge in [0.15, 0.2) is 0 Å². The van der Waals surface area contributed by atoms with Gasteiger partial charge in [0.05, 0.1) is 5.39 Å². The van der Waals surface area contributed by atoms with Gasteiger partial charge in [-0.3, -0.25) is 0 Å². The Bertz CT molecular complexity index is 584. The predicted molar refractivity (Wildman–Crippen MR) is 84.2 cm³/mol. The normalized spacial score (nSPS) is 12.9. The summed E-state index contributed by atoms with van der Waals surface area (Å²) in [4.78, 5) is 9.50. The summed E-state index contributed by atoms with van der Waals surface area (Å²) in [6.45, 7) is 11.1. The molecule has 0 bridgehead atoms. The van der Waals surface area contributed by atoms with Crippen molar-refractivity contribution in [3.63, 3.8) is 0 Å². The first-order valence-corrected chi connectivity index (χ1v) is 7.61. The van der Waals surface area contributed by atoms with Crippen LogP contribution in [-0.4, -0.2) is 15.5 Å². The summed E-state index contributed by atoms with van der Waals surface area (Å²) >= 11 is 7.57. The van der Waals surface area contributed by atoms with Gasteiger partial charge in [-0.05, 0) is 48.7 Å². The van der Waals surface area contributed by atoms with Crippen molar-refractivity contribution in [2.75, 3.05) is 5.32 Å². The number of nitrogens with one attached hydrogen (secondary N) is 1. The van der Waals surface area contributed by atoms with Gasteiger partial charge in [-0.1, -0.05) is 20.8 Å². The van der Waals surface area contributed by atoms with E-state index in [0.717, 1.165) is 22.5 Å². The van der Waals surface area contributed by atoms with Crippen molar-refractivity contribution >= 4 is 39.0 Å². The number of thiophene rings is 1. The highest BCUT2D eigenvalue weighted by atomic mass is 35.5. The zero-order valence-electron chi connectivity index (χ0n) is 12.0. The molecule has 0 amide bonds. The van der Waals surface area contributed by atoms with Crippen molar-refractivity contribution in [1.29, 1.82) is 0 Å². The van der Waals surface area contributed by atoms with Crippen LogP contribution in [-0.2, 0) is 0 Å². The minimum Gasteiger partial charge on any atom is -0.364 e. The molecule has 0 aliphatic rings. The minimum atomic E-state index is -0.0508. The molecule has 2 aromatic rings. The molecule has 0 saturated heterocycles. The molecule has 0 saturated carbocycles. The van der Waals surface area contributed by atoms with Crippen LogP contribution in [0.25, 0.3) is 10.2 Å². The molecule has 0 spiro atoms. The Hall–Kier alpha value is -0.870. The maximum atomic E-state index is 5.99. The molecule has 19 heavy (non-hydrogen) atoms. The molecule has 0 aliphatic carbocycles. The van der Waals surface area contributed by atoms with E-state index in [0.29, 0.717) is 5.28 Å². The van der Waals surface area contributed by atoms with E-state index in [1.165, 1.54) is 0 Å². The largest absolute Gasteiger partial charge is 0.364 e. The standard InChI is InChI=1S/C14H20ClN3S/c1-13(2,3)8-14(4,5)18-10-9-6-7-19-11(9)17-12(15)16-10/h6-7H,8H2,1-5H3,(H,16,17,18). The van der Waals surface area contributed by atoms with E-state index in [1.807, 2.05) is 11.4 Å². The molecule has 0 aliphatic heterocycles. The van der Waals surface area contributed by atoms with Gasteiger partial charge in [0.1, 0.15) is 10.6 Å². The molecule has 0 atom stereocenters. The van der Waals surface area contributed by atoms with E-state index in [9.17, 15) is 0 Å². The van der Waals surface area contributed by atoms with Gasteiger partial charge in [0.2, 0.25) is 5.28 Å². The van der Waals surface area contributed by atoms with Crippen molar-refractivity contribution < 1.29 is 0 Å². The molecule has 1 N–H and O–H groups in total. The molecule has 5 heteroatoms. The summed E-state index contributed by atoms with van der Waals surface area (Å²) in [6.07, 6.45) is 1.03. The third kappa shape index (κ3) is 3.80. The van der Waals surface area contributed by atoms with E-state index in [4.69, 9.17) is 11.6 Å². The number of nitrogens with zero attached hydrogens (tertiary/aromatic N) is 2. The van der Waals surface area contributed by atoms with Crippen LogP contribution in [0.15, 0.2) is 11.4 Å². The fourth-order valence-corrected chi connectivity index (χ4v) is 3.60. The first-order valence-electron chi connectivity index (χ1n) is 6.35. The molecule has 104 valence electrons. The molecule has 0 fully saturated rings. The summed E-state index contributed by atoms with van der Waals surface area (Å²) in [7, 11) is 0. The van der Waals surface area contributed by atoms with Crippen LogP contribution >= 0.6 is 22.9 Å². The van der Waals surface area contributed by atoms with Crippen LogP contribution in [0.1, 0.15) is 41.0 Å². The van der Waals surface area contributed by atoms with Gasteiger partial charge in [-0.25, -0.2) is 9.97 Å². The molecule has 0 aromatic carbocycles. The van der Waals surface area contributed by atoms with Crippen LogP contribution in [0.4, 0.5) is 5.82 Å². The number of halogens is 1. The van der Waals surface area contributed by atoms with E-state index in [1.54, 1.807) is 11.3 Å². The maximum absolute atomic E-state index is 5.99. The molecule has 0 radical (unpaired) electrons. The number of anilines is 1. The van der Waals surface area contributed by atoms with E-state index >= 15 is 0 Å². The smallest absolute Gasteiger partial charge is 0.225 e. The van der Waals surface area contributed by atoms with Gasteiger partial charge in [0.25, 0.3) is 0 Å². The topological polar surface area (TPSA) is 37.8 Å². The van der Waals surface area contributed by atoms with Crippen molar-refractivity contribution in [1.82, 2.24) is 9.97 Å². The van der Waals surface area contributed by atoms with Crippen LogP contribution in [0.5, 0.6) is 0 Å². The lowest BCUT2D eigenvalue weighted by Crippen LogP contribution is -2.35. The number of hydrogen-bond donors (Lipinski definition) is 1. The maximum Gasteiger partial charge on any atom is 0.225 e. The van der Waals surface area contributed by atoms with Gasteiger partial charge in [-0.15, -0.1) is 11.3 Å². The van der Waals surface area contributed by atoms with Crippen molar-refractivity contribution in [3.05, 3.63) is 16.7 Å². The highest BCUT2D eigenvalue weighted by Crippen LogP contribution is 2.32. The number of aromatic nitrogens is 2. The summed E-state index contributed by atoms with van der Waals surface area (Å²) in [6, 6.07) is 2.03. The molecule has 2 rings (SSSR count). The van der Waals surface area contributed by atoms with Gasteiger partial charge in [0, 0.05) is 5.54 Å². The first-order chi connectivity index (χ1) is 8.66. The van der Waals surface area contributed by atoms with Crippen molar-refractivity contribution in [2.24, 2.45) is 5.41 Å². The number of fused-ring (bicyclic) bond motifs is 1. The molecule has 0 unspecified atom stereocenters. The third-order valence-corrected chi connectivity index (χ3v) is 3.70. The van der Waals surface area contributed by atoms with Gasteiger partial charge < -0.3 is 5.32 Å². The van der Waals surface area contributed by atoms with Gasteiger partial charge in [-0.2, -0.15) is 0 Å². The molecule has 2 heterocycles. The molecule has 2 aromatic heterocycles. The summed E-state index contributed by atoms with van der Waals surface area (Å²) < 4.78 is 0. The van der Waals surface area contributed by atoms with Crippen LogP contribution < -0.4 is 5.32 Å². The quantitative estimate of drug-likeness (QED) is 0.813. The van der Waals surface area contributed by atoms with Crippen molar-refractivity contribution in [3.8, 4) is 0 Å². The second kappa shape index (κ2) is 4.91. The van der Waals surface area contributed by atoms with E-state index in [-0.39, 0.29) is 11.0 Å². The van der Waals surface area contributed by atoms with Crippen LogP contribution in [0.2, 0.25) is 5.28 Å². The third-order valence-electron chi connectivity index (χ3n) is 2.73. The Kier molecular flexibility index (Phi) is 3.76. The Balaban J connectivity index is 2.32. The first kappa shape index (κ1) is 14.5. The van der Waals surface area contributed by atoms with Gasteiger partial charge >= 0.3 is 0 Å². The lowest BCUT2D eigenvalue weighted by Gasteiger charge is -2.33. The lowest BCUT2D eigenvalue weighted by molar-refractivity contribution is 0.302. The zero-order chi connectivity index (χ0) is 14.3. The Morgan fingerprint density at radius 2 is 1.89 bits per heavy atom. The highest BCUT2D eigenvalue weighted by Gasteiger charge is 2.26. The zero-order valence-corrected chi connectivity index (χ0v) is 13.6. The molecular weight excluding hydrogens is 278 g/mol. The van der Waals surface area contributed by atoms with Crippen molar-refractivity contribution in [2.45, 2.75) is 46.6 Å². The fraction of sp³-hybridized carbons (Fsp3) is 0.571.